The highest BCUT2D eigenvalue weighted by molar-refractivity contribution is 9.10. The maximum atomic E-state index is 12.1. The Labute approximate surface area is 154 Å². The third kappa shape index (κ3) is 5.51. The van der Waals surface area contributed by atoms with Crippen LogP contribution in [0, 0.1) is 0 Å². The third-order valence-corrected chi connectivity index (χ3v) is 4.17. The Morgan fingerprint density at radius 1 is 1.17 bits per heavy atom. The first-order chi connectivity index (χ1) is 11.5. The fourth-order valence-corrected chi connectivity index (χ4v) is 2.47. The topological polar surface area (TPSA) is 49.4 Å². The van der Waals surface area contributed by atoms with E-state index >= 15 is 0 Å². The van der Waals surface area contributed by atoms with Crippen LogP contribution in [0.25, 0.3) is 6.08 Å². The third-order valence-electron chi connectivity index (χ3n) is 3.20. The van der Waals surface area contributed by atoms with E-state index in [2.05, 4.69) is 21.2 Å². The molecule has 0 saturated heterocycles. The second-order valence-electron chi connectivity index (χ2n) is 5.10. The van der Waals surface area contributed by atoms with E-state index in [0.29, 0.717) is 10.7 Å². The number of nitrogens with zero attached hydrogens (tertiary/aromatic N) is 1. The van der Waals surface area contributed by atoms with Gasteiger partial charge in [-0.1, -0.05) is 45.7 Å². The van der Waals surface area contributed by atoms with Gasteiger partial charge in [0.2, 0.25) is 11.8 Å². The number of carbonyl (C=O) groups is 2. The Morgan fingerprint density at radius 3 is 2.50 bits per heavy atom. The number of nitrogens with one attached hydrogen (secondary N) is 1. The van der Waals surface area contributed by atoms with Gasteiger partial charge in [0.25, 0.3) is 0 Å². The smallest absolute Gasteiger partial charge is 0.246 e. The van der Waals surface area contributed by atoms with Gasteiger partial charge in [-0.3, -0.25) is 9.59 Å². The van der Waals surface area contributed by atoms with E-state index in [1.165, 1.54) is 11.0 Å². The van der Waals surface area contributed by atoms with Crippen LogP contribution in [0.1, 0.15) is 5.56 Å². The van der Waals surface area contributed by atoms with E-state index < -0.39 is 0 Å². The molecule has 0 atom stereocenters. The van der Waals surface area contributed by atoms with Crippen molar-refractivity contribution in [3.63, 3.8) is 0 Å². The molecule has 0 radical (unpaired) electrons. The summed E-state index contributed by atoms with van der Waals surface area (Å²) in [7, 11) is 1.58. The molecule has 2 rings (SSSR count). The van der Waals surface area contributed by atoms with Crippen molar-refractivity contribution in [2.24, 2.45) is 0 Å². The van der Waals surface area contributed by atoms with Crippen molar-refractivity contribution in [3.05, 3.63) is 69.7 Å². The Kier molecular flexibility index (Phi) is 6.58. The fraction of sp³-hybridized carbons (Fsp3) is 0.111. The Hall–Kier alpha value is -2.11. The van der Waals surface area contributed by atoms with Gasteiger partial charge in [0.05, 0.1) is 6.54 Å². The second-order valence-corrected chi connectivity index (χ2v) is 6.39. The lowest BCUT2D eigenvalue weighted by Gasteiger charge is -2.15. The number of halogens is 2. The van der Waals surface area contributed by atoms with Crippen LogP contribution in [0.3, 0.4) is 0 Å². The number of benzene rings is 2. The van der Waals surface area contributed by atoms with Gasteiger partial charge in [-0.15, -0.1) is 0 Å². The van der Waals surface area contributed by atoms with E-state index in [-0.39, 0.29) is 18.4 Å². The minimum absolute atomic E-state index is 0.0399. The number of likely N-dealkylation sites (N-methyl/N-ethyl adjacent to an activating group) is 1. The monoisotopic (exact) mass is 406 g/mol. The molecule has 124 valence electrons. The zero-order valence-electron chi connectivity index (χ0n) is 13.0. The van der Waals surface area contributed by atoms with Crippen LogP contribution in [0.5, 0.6) is 0 Å². The summed E-state index contributed by atoms with van der Waals surface area (Å²) in [4.78, 5) is 25.4. The van der Waals surface area contributed by atoms with Crippen LogP contribution in [-0.4, -0.2) is 30.3 Å². The maximum Gasteiger partial charge on any atom is 0.246 e. The highest BCUT2D eigenvalue weighted by atomic mass is 79.9. The Bertz CT molecular complexity index is 760. The molecule has 0 aromatic heterocycles. The van der Waals surface area contributed by atoms with Crippen molar-refractivity contribution in [2.45, 2.75) is 0 Å². The predicted octanol–water partition coefficient (Wildman–Crippen LogP) is 4.21. The van der Waals surface area contributed by atoms with E-state index in [1.807, 2.05) is 24.3 Å². The molecule has 1 N–H and O–H groups in total. The zero-order valence-corrected chi connectivity index (χ0v) is 15.3. The average Bonchev–Trinajstić information content (AvgIpc) is 2.56. The second kappa shape index (κ2) is 8.66. The summed E-state index contributed by atoms with van der Waals surface area (Å²) in [5.74, 6) is -0.528. The van der Waals surface area contributed by atoms with E-state index in [0.717, 1.165) is 10.0 Å². The van der Waals surface area contributed by atoms with Crippen LogP contribution in [0.15, 0.2) is 59.1 Å². The van der Waals surface area contributed by atoms with Gasteiger partial charge < -0.3 is 10.2 Å². The summed E-state index contributed by atoms with van der Waals surface area (Å²) in [6, 6.07) is 14.4. The van der Waals surface area contributed by atoms with Gasteiger partial charge in [-0.05, 0) is 42.0 Å². The first-order valence-electron chi connectivity index (χ1n) is 7.19. The van der Waals surface area contributed by atoms with Gasteiger partial charge in [0, 0.05) is 28.3 Å². The van der Waals surface area contributed by atoms with Crippen LogP contribution in [-0.2, 0) is 9.59 Å². The summed E-state index contributed by atoms with van der Waals surface area (Å²) in [6.07, 6.45) is 3.15. The van der Waals surface area contributed by atoms with E-state index in [4.69, 9.17) is 11.6 Å². The molecule has 2 aromatic rings. The summed E-state index contributed by atoms with van der Waals surface area (Å²) in [5.41, 5.74) is 1.53. The minimum Gasteiger partial charge on any atom is -0.333 e. The highest BCUT2D eigenvalue weighted by Crippen LogP contribution is 2.17. The molecule has 0 fully saturated rings. The summed E-state index contributed by atoms with van der Waals surface area (Å²) < 4.78 is 0.900. The first-order valence-corrected chi connectivity index (χ1v) is 8.36. The summed E-state index contributed by atoms with van der Waals surface area (Å²) in [6.45, 7) is -0.0399. The van der Waals surface area contributed by atoms with Crippen molar-refractivity contribution >= 4 is 51.1 Å². The molecule has 0 saturated carbocycles. The lowest BCUT2D eigenvalue weighted by atomic mass is 10.2. The maximum absolute atomic E-state index is 12.1. The largest absolute Gasteiger partial charge is 0.333 e. The van der Waals surface area contributed by atoms with Crippen molar-refractivity contribution in [1.29, 1.82) is 0 Å². The van der Waals surface area contributed by atoms with Gasteiger partial charge in [0.1, 0.15) is 0 Å². The fourth-order valence-electron chi connectivity index (χ4n) is 1.93. The van der Waals surface area contributed by atoms with Crippen LogP contribution >= 0.6 is 27.5 Å². The molecule has 0 aliphatic heterocycles. The van der Waals surface area contributed by atoms with Crippen molar-refractivity contribution < 1.29 is 9.59 Å². The number of hydrogen-bond acceptors (Lipinski definition) is 2. The molecule has 24 heavy (non-hydrogen) atoms. The van der Waals surface area contributed by atoms with Gasteiger partial charge in [-0.25, -0.2) is 0 Å². The Morgan fingerprint density at radius 2 is 1.83 bits per heavy atom. The van der Waals surface area contributed by atoms with Gasteiger partial charge in [-0.2, -0.15) is 0 Å². The van der Waals surface area contributed by atoms with Crippen molar-refractivity contribution in [2.75, 3.05) is 18.9 Å². The number of amides is 2. The van der Waals surface area contributed by atoms with Crippen LogP contribution < -0.4 is 5.32 Å². The summed E-state index contributed by atoms with van der Waals surface area (Å²) in [5, 5.41) is 3.31. The molecule has 0 bridgehead atoms. The molecule has 4 nitrogen and oxygen atoms in total. The molecule has 0 spiro atoms. The molecule has 0 unspecified atom stereocenters. The lowest BCUT2D eigenvalue weighted by Crippen LogP contribution is -2.33. The highest BCUT2D eigenvalue weighted by Gasteiger charge is 2.11. The van der Waals surface area contributed by atoms with Crippen LogP contribution in [0.4, 0.5) is 5.69 Å². The van der Waals surface area contributed by atoms with Crippen molar-refractivity contribution in [1.82, 2.24) is 4.90 Å². The van der Waals surface area contributed by atoms with E-state index in [1.54, 1.807) is 37.4 Å². The zero-order chi connectivity index (χ0) is 17.5. The molecule has 2 amide bonds. The molecule has 6 heteroatoms. The number of carbonyl (C=O) groups excluding carboxylic acids is 2. The lowest BCUT2D eigenvalue weighted by molar-refractivity contribution is -0.129. The summed E-state index contributed by atoms with van der Waals surface area (Å²) >= 11 is 9.21. The normalized spacial score (nSPS) is 10.6. The molecule has 2 aromatic carbocycles. The van der Waals surface area contributed by atoms with Gasteiger partial charge >= 0.3 is 0 Å². The molecular weight excluding hydrogens is 392 g/mol. The minimum atomic E-state index is -0.275. The molecule has 0 heterocycles. The number of anilines is 1. The average molecular weight is 408 g/mol. The van der Waals surface area contributed by atoms with Crippen LogP contribution in [0.2, 0.25) is 5.02 Å². The molecule has 0 aliphatic carbocycles. The SMILES string of the molecule is CN(CC(=O)Nc1ccc(Cl)cc1)C(=O)/C=C/c1ccccc1Br. The quantitative estimate of drug-likeness (QED) is 0.755. The first kappa shape index (κ1) is 18.2. The molecular formula is C18H16BrClN2O2. The number of hydrogen-bond donors (Lipinski definition) is 1. The molecule has 0 aliphatic rings. The van der Waals surface area contributed by atoms with E-state index in [9.17, 15) is 9.59 Å². The Balaban J connectivity index is 1.90. The standard InChI is InChI=1S/C18H16BrClN2O2/c1-22(12-17(23)21-15-9-7-14(20)8-10-15)18(24)11-6-13-4-2-3-5-16(13)19/h2-11H,12H2,1H3,(H,21,23)/b11-6+. The number of rotatable bonds is 5. The van der Waals surface area contributed by atoms with Gasteiger partial charge in [0.15, 0.2) is 0 Å². The van der Waals surface area contributed by atoms with Crippen molar-refractivity contribution in [3.8, 4) is 0 Å². The predicted molar refractivity (Wildman–Crippen MR) is 101 cm³/mol.